The van der Waals surface area contributed by atoms with E-state index in [2.05, 4.69) is 15.2 Å². The van der Waals surface area contributed by atoms with Crippen molar-refractivity contribution in [1.29, 1.82) is 0 Å². The van der Waals surface area contributed by atoms with E-state index < -0.39 is 11.9 Å². The molecule has 6 heteroatoms. The van der Waals surface area contributed by atoms with Gasteiger partial charge < -0.3 is 10.3 Å². The molecule has 160 valence electrons. The smallest absolute Gasteiger partial charge is 0.261 e. The number of piperidine rings is 1. The molecular weight excluding hydrogens is 410 g/mol. The Morgan fingerprint density at radius 2 is 1.61 bits per heavy atom. The highest BCUT2D eigenvalue weighted by atomic mass is 35.5. The second kappa shape index (κ2) is 9.94. The van der Waals surface area contributed by atoms with E-state index in [9.17, 15) is 9.59 Å². The van der Waals surface area contributed by atoms with Crippen LogP contribution in [-0.4, -0.2) is 28.9 Å². The predicted octanol–water partition coefficient (Wildman–Crippen LogP) is 4.53. The summed E-state index contributed by atoms with van der Waals surface area (Å²) < 4.78 is 0. The van der Waals surface area contributed by atoms with Gasteiger partial charge in [-0.25, -0.2) is 0 Å². The van der Waals surface area contributed by atoms with Gasteiger partial charge in [0.15, 0.2) is 0 Å². The fraction of sp³-hybridized carbons (Fsp3) is 0.280. The first-order valence-corrected chi connectivity index (χ1v) is 11.0. The van der Waals surface area contributed by atoms with Crippen LogP contribution in [0.2, 0.25) is 5.02 Å². The van der Waals surface area contributed by atoms with E-state index in [4.69, 9.17) is 11.6 Å². The monoisotopic (exact) mass is 435 g/mol. The molecule has 5 nitrogen and oxygen atoms in total. The molecule has 0 aliphatic carbocycles. The molecule has 1 fully saturated rings. The number of aromatic nitrogens is 1. The normalized spacial score (nSPS) is 15.4. The first-order chi connectivity index (χ1) is 15.1. The number of hydrogen-bond acceptors (Lipinski definition) is 3. The Labute approximate surface area is 187 Å². The van der Waals surface area contributed by atoms with Gasteiger partial charge in [0.05, 0.1) is 6.04 Å². The number of likely N-dealkylation sites (tertiary alicyclic amines) is 1. The van der Waals surface area contributed by atoms with E-state index in [1.165, 1.54) is 19.3 Å². The molecular formula is C25H26ClN3O2. The Morgan fingerprint density at radius 1 is 0.935 bits per heavy atom. The van der Waals surface area contributed by atoms with Crippen molar-refractivity contribution in [2.75, 3.05) is 13.1 Å². The van der Waals surface area contributed by atoms with E-state index >= 15 is 0 Å². The zero-order chi connectivity index (χ0) is 21.6. The number of carbonyl (C=O) groups excluding carboxylic acids is 1. The van der Waals surface area contributed by atoms with Crippen molar-refractivity contribution in [3.63, 3.8) is 0 Å². The molecule has 2 aromatic carbocycles. The lowest BCUT2D eigenvalue weighted by atomic mass is 9.98. The molecule has 0 bridgehead atoms. The maximum Gasteiger partial charge on any atom is 0.261 e. The third kappa shape index (κ3) is 5.43. The molecule has 1 aliphatic rings. The number of rotatable bonds is 6. The van der Waals surface area contributed by atoms with Crippen molar-refractivity contribution < 1.29 is 4.79 Å². The predicted molar refractivity (Wildman–Crippen MR) is 123 cm³/mol. The first-order valence-electron chi connectivity index (χ1n) is 10.7. The zero-order valence-corrected chi connectivity index (χ0v) is 18.1. The fourth-order valence-electron chi connectivity index (χ4n) is 4.01. The number of benzene rings is 2. The Kier molecular flexibility index (Phi) is 6.85. The summed E-state index contributed by atoms with van der Waals surface area (Å²) in [7, 11) is 0. The topological polar surface area (TPSA) is 65.2 Å². The molecule has 1 amide bonds. The van der Waals surface area contributed by atoms with Gasteiger partial charge >= 0.3 is 0 Å². The number of H-pyrrole nitrogens is 1. The summed E-state index contributed by atoms with van der Waals surface area (Å²) in [4.78, 5) is 30.9. The number of nitrogens with zero attached hydrogens (tertiary/aromatic N) is 1. The van der Waals surface area contributed by atoms with Gasteiger partial charge in [-0.15, -0.1) is 0 Å². The lowest BCUT2D eigenvalue weighted by Crippen LogP contribution is -2.34. The highest BCUT2D eigenvalue weighted by Gasteiger charge is 2.20. The third-order valence-electron chi connectivity index (χ3n) is 5.67. The highest BCUT2D eigenvalue weighted by Crippen LogP contribution is 2.24. The van der Waals surface area contributed by atoms with Crippen LogP contribution in [0.5, 0.6) is 0 Å². The van der Waals surface area contributed by atoms with Crippen molar-refractivity contribution in [3.8, 4) is 0 Å². The quantitative estimate of drug-likeness (QED) is 0.597. The van der Waals surface area contributed by atoms with Gasteiger partial charge in [-0.2, -0.15) is 0 Å². The summed E-state index contributed by atoms with van der Waals surface area (Å²) in [6, 6.07) is 20.1. The van der Waals surface area contributed by atoms with Gasteiger partial charge in [0.25, 0.3) is 11.5 Å². The number of hydrogen-bond donors (Lipinski definition) is 2. The van der Waals surface area contributed by atoms with Gasteiger partial charge in [0.2, 0.25) is 0 Å². The zero-order valence-electron chi connectivity index (χ0n) is 17.3. The summed E-state index contributed by atoms with van der Waals surface area (Å²) >= 11 is 6.03. The fourth-order valence-corrected chi connectivity index (χ4v) is 4.14. The van der Waals surface area contributed by atoms with Crippen molar-refractivity contribution in [3.05, 3.63) is 104 Å². The van der Waals surface area contributed by atoms with Crippen LogP contribution in [0.15, 0.2) is 71.5 Å². The number of nitrogens with one attached hydrogen (secondary N) is 2. The van der Waals surface area contributed by atoms with Gasteiger partial charge in [0.1, 0.15) is 5.56 Å². The number of halogens is 1. The Balaban J connectivity index is 1.54. The number of pyridine rings is 1. The maximum absolute atomic E-state index is 13.0. The minimum absolute atomic E-state index is 0.109. The van der Waals surface area contributed by atoms with E-state index in [0.717, 1.165) is 29.9 Å². The summed E-state index contributed by atoms with van der Waals surface area (Å²) in [6.07, 6.45) is 3.65. The molecule has 31 heavy (non-hydrogen) atoms. The highest BCUT2D eigenvalue weighted by molar-refractivity contribution is 6.30. The molecule has 1 aromatic heterocycles. The minimum atomic E-state index is -0.408. The molecule has 2 heterocycles. The SMILES string of the molecule is O=C(NC(c1ccccc1)c1ccc(Cl)cc1)c1ccc(CN2CCCCC2)[nH]c1=O. The summed E-state index contributed by atoms with van der Waals surface area (Å²) in [5.41, 5.74) is 2.39. The molecule has 1 aliphatic heterocycles. The van der Waals surface area contributed by atoms with Crippen molar-refractivity contribution >= 4 is 17.5 Å². The Hall–Kier alpha value is -2.89. The first kappa shape index (κ1) is 21.3. The molecule has 1 atom stereocenters. The number of carbonyl (C=O) groups is 1. The van der Waals surface area contributed by atoms with Gasteiger partial charge in [0, 0.05) is 17.3 Å². The van der Waals surface area contributed by atoms with E-state index in [-0.39, 0.29) is 11.1 Å². The molecule has 3 aromatic rings. The van der Waals surface area contributed by atoms with E-state index in [1.54, 1.807) is 18.2 Å². The van der Waals surface area contributed by atoms with Crippen molar-refractivity contribution in [2.24, 2.45) is 0 Å². The van der Waals surface area contributed by atoms with Gasteiger partial charge in [-0.1, -0.05) is 60.5 Å². The Morgan fingerprint density at radius 3 is 2.29 bits per heavy atom. The van der Waals surface area contributed by atoms with E-state index in [1.807, 2.05) is 48.5 Å². The molecule has 1 saturated heterocycles. The maximum atomic E-state index is 13.0. The van der Waals surface area contributed by atoms with Crippen LogP contribution in [0.3, 0.4) is 0 Å². The van der Waals surface area contributed by atoms with Gasteiger partial charge in [-0.05, 0) is 61.3 Å². The summed E-state index contributed by atoms with van der Waals surface area (Å²) in [5, 5.41) is 3.64. The van der Waals surface area contributed by atoms with Crippen LogP contribution in [-0.2, 0) is 6.54 Å². The molecule has 0 saturated carbocycles. The van der Waals surface area contributed by atoms with Gasteiger partial charge in [-0.3, -0.25) is 14.5 Å². The molecule has 0 spiro atoms. The lowest BCUT2D eigenvalue weighted by molar-refractivity contribution is 0.0941. The van der Waals surface area contributed by atoms with Crippen LogP contribution < -0.4 is 10.9 Å². The number of aromatic amines is 1. The Bertz CT molecular complexity index is 1070. The molecule has 2 N–H and O–H groups in total. The van der Waals surface area contributed by atoms with Crippen LogP contribution >= 0.6 is 11.6 Å². The standard InChI is InChI=1S/C25H26ClN3O2/c26-20-11-9-19(10-12-20)23(18-7-3-1-4-8-18)28-25(31)22-14-13-21(27-24(22)30)17-29-15-5-2-6-16-29/h1,3-4,7-14,23H,2,5-6,15-17H2,(H,27,30)(H,28,31). The largest absolute Gasteiger partial charge is 0.341 e. The second-order valence-electron chi connectivity index (χ2n) is 7.93. The molecule has 1 unspecified atom stereocenters. The average Bonchev–Trinajstić information content (AvgIpc) is 2.79. The van der Waals surface area contributed by atoms with E-state index in [0.29, 0.717) is 11.6 Å². The molecule has 4 rings (SSSR count). The summed E-state index contributed by atoms with van der Waals surface area (Å²) in [5.74, 6) is -0.408. The van der Waals surface area contributed by atoms with Crippen LogP contribution in [0, 0.1) is 0 Å². The number of amides is 1. The molecule has 0 radical (unpaired) electrons. The van der Waals surface area contributed by atoms with Crippen LogP contribution in [0.4, 0.5) is 0 Å². The van der Waals surface area contributed by atoms with Crippen molar-refractivity contribution in [1.82, 2.24) is 15.2 Å². The third-order valence-corrected chi connectivity index (χ3v) is 5.92. The van der Waals surface area contributed by atoms with Crippen molar-refractivity contribution in [2.45, 2.75) is 31.8 Å². The lowest BCUT2D eigenvalue weighted by Gasteiger charge is -2.26. The minimum Gasteiger partial charge on any atom is -0.341 e. The summed E-state index contributed by atoms with van der Waals surface area (Å²) in [6.45, 7) is 2.79. The van der Waals surface area contributed by atoms with Crippen LogP contribution in [0.25, 0.3) is 0 Å². The average molecular weight is 436 g/mol. The second-order valence-corrected chi connectivity index (χ2v) is 8.37. The van der Waals surface area contributed by atoms with Crippen LogP contribution in [0.1, 0.15) is 52.5 Å².